The minimum atomic E-state index is -4.53. The van der Waals surface area contributed by atoms with Crippen LogP contribution in [0.25, 0.3) is 5.65 Å². The lowest BCUT2D eigenvalue weighted by Gasteiger charge is -1.98. The molecule has 0 aliphatic carbocycles. The maximum Gasteiger partial charge on any atom is 0.434 e. The van der Waals surface area contributed by atoms with Gasteiger partial charge in [-0.15, -0.1) is 0 Å². The van der Waals surface area contributed by atoms with E-state index in [4.69, 9.17) is 0 Å². The fourth-order valence-corrected chi connectivity index (χ4v) is 1.07. The number of alkyl halides is 3. The quantitative estimate of drug-likeness (QED) is 0.695. The van der Waals surface area contributed by atoms with Gasteiger partial charge in [0.25, 0.3) is 0 Å². The van der Waals surface area contributed by atoms with Gasteiger partial charge in [0.1, 0.15) is 5.65 Å². The van der Waals surface area contributed by atoms with E-state index < -0.39 is 17.6 Å². The zero-order valence-electron chi connectivity index (χ0n) is 6.67. The van der Waals surface area contributed by atoms with Gasteiger partial charge < -0.3 is 4.98 Å². The molecule has 14 heavy (non-hydrogen) atoms. The second kappa shape index (κ2) is 2.60. The largest absolute Gasteiger partial charge is 0.434 e. The summed E-state index contributed by atoms with van der Waals surface area (Å²) in [5.41, 5.74) is -1.75. The number of halogens is 3. The maximum absolute atomic E-state index is 12.2. The van der Waals surface area contributed by atoms with E-state index in [0.29, 0.717) is 6.20 Å². The van der Waals surface area contributed by atoms with Crippen LogP contribution in [-0.4, -0.2) is 14.4 Å². The number of hydrogen-bond acceptors (Lipinski definition) is 2. The summed E-state index contributed by atoms with van der Waals surface area (Å²) in [4.78, 5) is 16.5. The monoisotopic (exact) mass is 203 g/mol. The Morgan fingerprint density at radius 1 is 1.43 bits per heavy atom. The highest BCUT2D eigenvalue weighted by molar-refractivity contribution is 5.38. The minimum absolute atomic E-state index is 0.0268. The Hall–Kier alpha value is -1.79. The fourth-order valence-electron chi connectivity index (χ4n) is 1.07. The highest BCUT2D eigenvalue weighted by Gasteiger charge is 2.34. The molecule has 2 rings (SSSR count). The number of rotatable bonds is 0. The fraction of sp³-hybridized carbons (Fsp3) is 0.143. The van der Waals surface area contributed by atoms with E-state index in [9.17, 15) is 18.0 Å². The van der Waals surface area contributed by atoms with Crippen molar-refractivity contribution in [3.05, 3.63) is 34.6 Å². The number of nitrogens with zero attached hydrogens (tertiary/aromatic N) is 2. The molecule has 2 aromatic rings. The first-order chi connectivity index (χ1) is 6.48. The maximum atomic E-state index is 12.2. The van der Waals surface area contributed by atoms with Crippen molar-refractivity contribution in [1.82, 2.24) is 14.4 Å². The van der Waals surface area contributed by atoms with E-state index in [2.05, 4.69) is 9.97 Å². The van der Waals surface area contributed by atoms with E-state index in [-0.39, 0.29) is 5.65 Å². The van der Waals surface area contributed by atoms with E-state index >= 15 is 0 Å². The second-order valence-corrected chi connectivity index (χ2v) is 2.63. The van der Waals surface area contributed by atoms with Gasteiger partial charge in [-0.05, 0) is 6.07 Å². The lowest BCUT2D eigenvalue weighted by atomic mass is 10.5. The lowest BCUT2D eigenvalue weighted by Crippen LogP contribution is -2.13. The van der Waals surface area contributed by atoms with Crippen LogP contribution in [0.2, 0.25) is 0 Å². The van der Waals surface area contributed by atoms with Gasteiger partial charge in [-0.3, -0.25) is 4.40 Å². The first kappa shape index (κ1) is 8.79. The molecule has 0 atom stereocenters. The Labute approximate surface area is 75.0 Å². The smallest absolute Gasteiger partial charge is 0.314 e. The molecule has 0 unspecified atom stereocenters. The summed E-state index contributed by atoms with van der Waals surface area (Å²) in [6.07, 6.45) is -2.63. The number of H-pyrrole nitrogens is 1. The Bertz CT molecular complexity index is 525. The first-order valence-electron chi connectivity index (χ1n) is 3.62. The molecule has 7 heteroatoms. The van der Waals surface area contributed by atoms with Crippen LogP contribution >= 0.6 is 0 Å². The zero-order chi connectivity index (χ0) is 10.3. The molecule has 4 nitrogen and oxygen atoms in total. The van der Waals surface area contributed by atoms with Crippen LogP contribution in [0.15, 0.2) is 23.3 Å². The van der Waals surface area contributed by atoms with Crippen molar-refractivity contribution in [2.24, 2.45) is 0 Å². The molecule has 0 radical (unpaired) electrons. The summed E-state index contributed by atoms with van der Waals surface area (Å²) in [5, 5.41) is 0. The van der Waals surface area contributed by atoms with Crippen LogP contribution in [0.1, 0.15) is 5.69 Å². The van der Waals surface area contributed by atoms with E-state index in [1.165, 1.54) is 12.3 Å². The Morgan fingerprint density at radius 2 is 2.14 bits per heavy atom. The van der Waals surface area contributed by atoms with Crippen LogP contribution in [0.3, 0.4) is 0 Å². The van der Waals surface area contributed by atoms with Crippen molar-refractivity contribution >= 4 is 5.65 Å². The third-order valence-corrected chi connectivity index (χ3v) is 1.68. The summed E-state index contributed by atoms with van der Waals surface area (Å²) < 4.78 is 37.3. The van der Waals surface area contributed by atoms with Gasteiger partial charge in [-0.1, -0.05) is 0 Å². The summed E-state index contributed by atoms with van der Waals surface area (Å²) in [6.45, 7) is 0. The molecule has 74 valence electrons. The van der Waals surface area contributed by atoms with Gasteiger partial charge in [0, 0.05) is 12.4 Å². The van der Waals surface area contributed by atoms with Crippen LogP contribution in [0.5, 0.6) is 0 Å². The number of aromatic amines is 1. The molecule has 1 N–H and O–H groups in total. The van der Waals surface area contributed by atoms with Gasteiger partial charge in [-0.25, -0.2) is 9.78 Å². The molecule has 0 aromatic carbocycles. The van der Waals surface area contributed by atoms with Crippen LogP contribution in [-0.2, 0) is 6.18 Å². The van der Waals surface area contributed by atoms with Crippen molar-refractivity contribution in [2.45, 2.75) is 6.18 Å². The molecular weight excluding hydrogens is 199 g/mol. The average molecular weight is 203 g/mol. The van der Waals surface area contributed by atoms with E-state index in [1.807, 2.05) is 0 Å². The van der Waals surface area contributed by atoms with Crippen molar-refractivity contribution in [3.8, 4) is 0 Å². The molecule has 0 saturated carbocycles. The standard InChI is InChI=1S/C7H4F3N3O/c8-7(9,10)4-3-13-5(12-4)1-2-11-6(13)14/h1-3H,(H,11,14). The van der Waals surface area contributed by atoms with Crippen molar-refractivity contribution < 1.29 is 13.2 Å². The van der Waals surface area contributed by atoms with Gasteiger partial charge in [0.2, 0.25) is 0 Å². The molecule has 0 saturated heterocycles. The summed E-state index contributed by atoms with van der Waals surface area (Å²) >= 11 is 0. The third kappa shape index (κ3) is 1.26. The number of aromatic nitrogens is 3. The number of imidazole rings is 1. The predicted molar refractivity (Wildman–Crippen MR) is 40.8 cm³/mol. The Morgan fingerprint density at radius 3 is 2.71 bits per heavy atom. The highest BCUT2D eigenvalue weighted by Crippen LogP contribution is 2.27. The number of nitrogens with one attached hydrogen (secondary N) is 1. The summed E-state index contributed by atoms with van der Waals surface area (Å²) in [6, 6.07) is 1.29. The van der Waals surface area contributed by atoms with E-state index in [1.54, 1.807) is 0 Å². The molecule has 2 heterocycles. The lowest BCUT2D eigenvalue weighted by molar-refractivity contribution is -0.140. The van der Waals surface area contributed by atoms with Gasteiger partial charge in [0.05, 0.1) is 0 Å². The SMILES string of the molecule is O=c1[nH]ccc2nc(C(F)(F)F)cn12. The van der Waals surface area contributed by atoms with Gasteiger partial charge in [0.15, 0.2) is 5.69 Å². The first-order valence-corrected chi connectivity index (χ1v) is 3.62. The van der Waals surface area contributed by atoms with Crippen molar-refractivity contribution in [2.75, 3.05) is 0 Å². The van der Waals surface area contributed by atoms with Crippen LogP contribution in [0, 0.1) is 0 Å². The minimum Gasteiger partial charge on any atom is -0.314 e. The molecule has 0 aliphatic rings. The zero-order valence-corrected chi connectivity index (χ0v) is 6.67. The van der Waals surface area contributed by atoms with Crippen molar-refractivity contribution in [1.29, 1.82) is 0 Å². The topological polar surface area (TPSA) is 50.2 Å². The molecule has 0 fully saturated rings. The number of hydrogen-bond donors (Lipinski definition) is 1. The van der Waals surface area contributed by atoms with Crippen molar-refractivity contribution in [3.63, 3.8) is 0 Å². The van der Waals surface area contributed by atoms with Gasteiger partial charge in [-0.2, -0.15) is 13.2 Å². The molecule has 0 spiro atoms. The second-order valence-electron chi connectivity index (χ2n) is 2.63. The predicted octanol–water partition coefficient (Wildman–Crippen LogP) is 1.04. The highest BCUT2D eigenvalue weighted by atomic mass is 19.4. The van der Waals surface area contributed by atoms with Gasteiger partial charge >= 0.3 is 11.9 Å². The molecule has 0 bridgehead atoms. The molecule has 2 aromatic heterocycles. The summed E-state index contributed by atoms with van der Waals surface area (Å²) in [7, 11) is 0. The molecule has 0 amide bonds. The third-order valence-electron chi connectivity index (χ3n) is 1.68. The van der Waals surface area contributed by atoms with Crippen LogP contribution in [0.4, 0.5) is 13.2 Å². The Balaban J connectivity index is 2.75. The number of fused-ring (bicyclic) bond motifs is 1. The molecular formula is C7H4F3N3O. The van der Waals surface area contributed by atoms with E-state index in [0.717, 1.165) is 4.40 Å². The molecule has 0 aliphatic heterocycles. The van der Waals surface area contributed by atoms with Crippen LogP contribution < -0.4 is 5.69 Å². The summed E-state index contributed by atoms with van der Waals surface area (Å²) in [5.74, 6) is 0. The average Bonchev–Trinajstić information content (AvgIpc) is 2.48. The normalized spacial score (nSPS) is 12.2. The Kier molecular flexibility index (Phi) is 1.63.